The number of nitrogens with zero attached hydrogens (tertiary/aromatic N) is 3. The van der Waals surface area contributed by atoms with Gasteiger partial charge in [0.15, 0.2) is 11.5 Å². The van der Waals surface area contributed by atoms with Crippen molar-refractivity contribution in [3.8, 4) is 17.2 Å². The molecule has 4 rings (SSSR count). The van der Waals surface area contributed by atoms with E-state index in [0.717, 1.165) is 11.1 Å². The first-order chi connectivity index (χ1) is 17.9. The summed E-state index contributed by atoms with van der Waals surface area (Å²) in [7, 11) is 4.47. The Morgan fingerprint density at radius 1 is 0.811 bits per heavy atom. The Hall–Kier alpha value is -3.95. The van der Waals surface area contributed by atoms with E-state index >= 15 is 0 Å². The Balaban J connectivity index is 1.64. The molecule has 0 aliphatic heterocycles. The van der Waals surface area contributed by atoms with Gasteiger partial charge < -0.3 is 24.8 Å². The van der Waals surface area contributed by atoms with E-state index in [0.29, 0.717) is 40.4 Å². The number of rotatable bonds is 10. The molecule has 4 aromatic rings. The topological polar surface area (TPSA) is 99.5 Å². The molecule has 2 N–H and O–H groups in total. The van der Waals surface area contributed by atoms with Crippen LogP contribution in [0, 0.1) is 0 Å². The lowest BCUT2D eigenvalue weighted by Crippen LogP contribution is -2.18. The standard InChI is InChI=1S/C26H25Cl2N5O4/c1-35-21-12-18(13-22(36-2)23(21)37-3)24(34)33-26(30-15-17-6-10-20(28)11-7-17)31-25(32-33)29-14-16-4-8-19(27)9-5-16/h4-13H,14-15H2,1-3H3,(H2,29,30,31,32). The van der Waals surface area contributed by atoms with E-state index in [9.17, 15) is 4.79 Å². The summed E-state index contributed by atoms with van der Waals surface area (Å²) in [5.41, 5.74) is 2.21. The van der Waals surface area contributed by atoms with Crippen LogP contribution in [0.25, 0.3) is 0 Å². The van der Waals surface area contributed by atoms with Gasteiger partial charge in [-0.1, -0.05) is 47.5 Å². The van der Waals surface area contributed by atoms with Crippen molar-refractivity contribution in [3.63, 3.8) is 0 Å². The second-order valence-corrected chi connectivity index (χ2v) is 8.72. The number of aromatic nitrogens is 3. The Labute approximate surface area is 224 Å². The summed E-state index contributed by atoms with van der Waals surface area (Å²) in [6.45, 7) is 0.838. The van der Waals surface area contributed by atoms with Crippen LogP contribution < -0.4 is 24.8 Å². The molecule has 0 aliphatic rings. The van der Waals surface area contributed by atoms with Crippen LogP contribution in [-0.2, 0) is 13.1 Å². The highest BCUT2D eigenvalue weighted by Gasteiger charge is 2.22. The first-order valence-electron chi connectivity index (χ1n) is 11.2. The lowest BCUT2D eigenvalue weighted by atomic mass is 10.1. The van der Waals surface area contributed by atoms with Crippen molar-refractivity contribution in [2.75, 3.05) is 32.0 Å². The van der Waals surface area contributed by atoms with Crippen molar-refractivity contribution in [1.29, 1.82) is 0 Å². The van der Waals surface area contributed by atoms with Crippen molar-refractivity contribution in [2.24, 2.45) is 0 Å². The molecule has 0 bridgehead atoms. The van der Waals surface area contributed by atoms with E-state index in [1.165, 1.54) is 26.0 Å². The second-order valence-electron chi connectivity index (χ2n) is 7.85. The van der Waals surface area contributed by atoms with Crippen molar-refractivity contribution < 1.29 is 19.0 Å². The lowest BCUT2D eigenvalue weighted by Gasteiger charge is -2.14. The average Bonchev–Trinajstić information content (AvgIpc) is 3.34. The molecule has 1 aromatic heterocycles. The average molecular weight is 542 g/mol. The van der Waals surface area contributed by atoms with Crippen LogP contribution in [0.3, 0.4) is 0 Å². The van der Waals surface area contributed by atoms with Gasteiger partial charge in [-0.3, -0.25) is 4.79 Å². The third-order valence-electron chi connectivity index (χ3n) is 5.44. The molecule has 37 heavy (non-hydrogen) atoms. The number of anilines is 2. The van der Waals surface area contributed by atoms with E-state index in [1.807, 2.05) is 24.3 Å². The Bertz CT molecular complexity index is 1350. The molecule has 11 heteroatoms. The van der Waals surface area contributed by atoms with Crippen molar-refractivity contribution in [3.05, 3.63) is 87.4 Å². The van der Waals surface area contributed by atoms with Crippen LogP contribution in [0.2, 0.25) is 10.0 Å². The van der Waals surface area contributed by atoms with E-state index in [2.05, 4.69) is 20.7 Å². The van der Waals surface area contributed by atoms with Crippen molar-refractivity contribution in [1.82, 2.24) is 14.8 Å². The fraction of sp³-hybridized carbons (Fsp3) is 0.192. The van der Waals surface area contributed by atoms with E-state index in [1.54, 1.807) is 36.4 Å². The summed E-state index contributed by atoms with van der Waals surface area (Å²) < 4.78 is 17.4. The predicted molar refractivity (Wildman–Crippen MR) is 143 cm³/mol. The summed E-state index contributed by atoms with van der Waals surface area (Å²) in [6.07, 6.45) is 0. The molecule has 3 aromatic carbocycles. The number of benzene rings is 3. The highest BCUT2D eigenvalue weighted by atomic mass is 35.5. The maximum atomic E-state index is 13.6. The minimum atomic E-state index is -0.440. The molecular weight excluding hydrogens is 517 g/mol. The van der Waals surface area contributed by atoms with Crippen LogP contribution in [-0.4, -0.2) is 42.0 Å². The van der Waals surface area contributed by atoms with Gasteiger partial charge >= 0.3 is 0 Å². The fourth-order valence-corrected chi connectivity index (χ4v) is 3.79. The summed E-state index contributed by atoms with van der Waals surface area (Å²) in [5.74, 6) is 1.17. The molecule has 0 spiro atoms. The summed E-state index contributed by atoms with van der Waals surface area (Å²) in [6, 6.07) is 17.9. The van der Waals surface area contributed by atoms with Crippen molar-refractivity contribution in [2.45, 2.75) is 13.1 Å². The van der Waals surface area contributed by atoms with Crippen LogP contribution in [0.5, 0.6) is 17.2 Å². The van der Waals surface area contributed by atoms with Gasteiger partial charge in [0.1, 0.15) is 0 Å². The van der Waals surface area contributed by atoms with Gasteiger partial charge in [0.25, 0.3) is 5.91 Å². The third-order valence-corrected chi connectivity index (χ3v) is 5.94. The highest BCUT2D eigenvalue weighted by Crippen LogP contribution is 2.38. The molecule has 0 amide bonds. The third kappa shape index (κ3) is 6.25. The maximum absolute atomic E-state index is 13.6. The van der Waals surface area contributed by atoms with Crippen LogP contribution in [0.15, 0.2) is 60.7 Å². The van der Waals surface area contributed by atoms with Crippen LogP contribution in [0.4, 0.5) is 11.9 Å². The highest BCUT2D eigenvalue weighted by molar-refractivity contribution is 6.30. The number of hydrogen-bond acceptors (Lipinski definition) is 8. The molecule has 0 aliphatic carbocycles. The number of carbonyl (C=O) groups is 1. The van der Waals surface area contributed by atoms with Crippen LogP contribution >= 0.6 is 23.2 Å². The number of hydrogen-bond donors (Lipinski definition) is 2. The molecule has 9 nitrogen and oxygen atoms in total. The largest absolute Gasteiger partial charge is 0.493 e. The molecule has 0 saturated heterocycles. The van der Waals surface area contributed by atoms with Gasteiger partial charge in [-0.2, -0.15) is 9.67 Å². The van der Waals surface area contributed by atoms with Gasteiger partial charge in [0, 0.05) is 28.7 Å². The summed E-state index contributed by atoms with van der Waals surface area (Å²) >= 11 is 12.0. The molecule has 1 heterocycles. The van der Waals surface area contributed by atoms with Gasteiger partial charge in [0.2, 0.25) is 17.6 Å². The minimum absolute atomic E-state index is 0.257. The molecule has 0 saturated carbocycles. The SMILES string of the molecule is COc1cc(C(=O)n2nc(NCc3ccc(Cl)cc3)nc2NCc2ccc(Cl)cc2)cc(OC)c1OC. The minimum Gasteiger partial charge on any atom is -0.493 e. The van der Waals surface area contributed by atoms with Crippen molar-refractivity contribution >= 4 is 41.0 Å². The van der Waals surface area contributed by atoms with Gasteiger partial charge in [-0.25, -0.2) is 0 Å². The molecule has 0 radical (unpaired) electrons. The zero-order chi connectivity index (χ0) is 26.4. The Kier molecular flexibility index (Phi) is 8.37. The van der Waals surface area contributed by atoms with Gasteiger partial charge in [0.05, 0.1) is 21.3 Å². The molecule has 0 atom stereocenters. The number of halogens is 2. The number of nitrogens with one attached hydrogen (secondary N) is 2. The smallest absolute Gasteiger partial charge is 0.281 e. The predicted octanol–water partition coefficient (Wildman–Crippen LogP) is 5.52. The van der Waals surface area contributed by atoms with E-state index < -0.39 is 5.91 Å². The quantitative estimate of drug-likeness (QED) is 0.270. The van der Waals surface area contributed by atoms with Gasteiger partial charge in [-0.15, -0.1) is 5.10 Å². The Morgan fingerprint density at radius 2 is 1.32 bits per heavy atom. The van der Waals surface area contributed by atoms with E-state index in [4.69, 9.17) is 37.4 Å². The monoisotopic (exact) mass is 541 g/mol. The zero-order valence-corrected chi connectivity index (χ0v) is 21.9. The number of methoxy groups -OCH3 is 3. The fourth-order valence-electron chi connectivity index (χ4n) is 3.54. The lowest BCUT2D eigenvalue weighted by molar-refractivity contribution is 0.0946. The summed E-state index contributed by atoms with van der Waals surface area (Å²) in [4.78, 5) is 18.1. The first kappa shape index (κ1) is 26.1. The van der Waals surface area contributed by atoms with E-state index in [-0.39, 0.29) is 17.5 Å². The Morgan fingerprint density at radius 3 is 1.81 bits per heavy atom. The first-order valence-corrected chi connectivity index (χ1v) is 12.0. The summed E-state index contributed by atoms with van der Waals surface area (Å²) in [5, 5.41) is 12.0. The maximum Gasteiger partial charge on any atom is 0.281 e. The molecular formula is C26H25Cl2N5O4. The van der Waals surface area contributed by atoms with Crippen LogP contribution in [0.1, 0.15) is 21.5 Å². The molecule has 192 valence electrons. The number of carbonyl (C=O) groups excluding carboxylic acids is 1. The normalized spacial score (nSPS) is 10.6. The second kappa shape index (κ2) is 11.9. The molecule has 0 fully saturated rings. The van der Waals surface area contributed by atoms with Gasteiger partial charge in [-0.05, 0) is 47.5 Å². The molecule has 0 unspecified atom stereocenters. The zero-order valence-electron chi connectivity index (χ0n) is 20.4. The number of ether oxygens (including phenoxy) is 3.